The number of hydrogen-bond donors (Lipinski definition) is 0. The number of carbonyl (C=O) groups is 3. The summed E-state index contributed by atoms with van der Waals surface area (Å²) in [4.78, 5) is 44.7. The molecule has 0 bridgehead atoms. The molecule has 288 valence electrons. The van der Waals surface area contributed by atoms with E-state index in [1.807, 2.05) is 19.2 Å². The van der Waals surface area contributed by atoms with E-state index < -0.39 is 0 Å². The Kier molecular flexibility index (Phi) is 29.8. The summed E-state index contributed by atoms with van der Waals surface area (Å²) in [6, 6.07) is 0. The van der Waals surface area contributed by atoms with Gasteiger partial charge in [-0.3, -0.25) is 14.4 Å². The molecule has 0 saturated heterocycles. The lowest BCUT2D eigenvalue weighted by Crippen LogP contribution is -2.31. The maximum atomic E-state index is 13.3. The Bertz CT molecular complexity index is 1010. The number of aryl methyl sites for hydroxylation is 2. The van der Waals surface area contributed by atoms with Gasteiger partial charge in [-0.15, -0.1) is 0 Å². The van der Waals surface area contributed by atoms with Crippen molar-refractivity contribution < 1.29 is 23.9 Å². The molecule has 1 aromatic heterocycles. The second-order valence-corrected chi connectivity index (χ2v) is 14.8. The third kappa shape index (κ3) is 25.6. The third-order valence-electron chi connectivity index (χ3n) is 9.11. The topological polar surface area (TPSA) is 90.7 Å². The van der Waals surface area contributed by atoms with Crippen LogP contribution >= 0.6 is 11.8 Å². The van der Waals surface area contributed by atoms with Crippen molar-refractivity contribution in [3.05, 3.63) is 30.4 Å². The summed E-state index contributed by atoms with van der Waals surface area (Å²) >= 11 is 1.31. The highest BCUT2D eigenvalue weighted by atomic mass is 32.2. The van der Waals surface area contributed by atoms with E-state index in [-0.39, 0.29) is 29.7 Å². The summed E-state index contributed by atoms with van der Waals surface area (Å²) in [6.07, 6.45) is 31.4. The third-order valence-corrected chi connectivity index (χ3v) is 10.1. The van der Waals surface area contributed by atoms with E-state index >= 15 is 0 Å². The molecule has 1 amide bonds. The van der Waals surface area contributed by atoms with Gasteiger partial charge in [-0.2, -0.15) is 0 Å². The molecule has 0 radical (unpaired) electrons. The van der Waals surface area contributed by atoms with Crippen molar-refractivity contribution >= 4 is 28.9 Å². The molecule has 0 aliphatic heterocycles. The maximum Gasteiger partial charge on any atom is 0.306 e. The van der Waals surface area contributed by atoms with Gasteiger partial charge in [-0.25, -0.2) is 4.98 Å². The van der Waals surface area contributed by atoms with Crippen LogP contribution in [0, 0.1) is 6.92 Å². The van der Waals surface area contributed by atoms with E-state index in [0.29, 0.717) is 44.7 Å². The molecule has 1 unspecified atom stereocenters. The Morgan fingerprint density at radius 3 is 1.94 bits per heavy atom. The van der Waals surface area contributed by atoms with Crippen LogP contribution in [0.4, 0.5) is 4.79 Å². The highest BCUT2D eigenvalue weighted by Gasteiger charge is 2.18. The molecular weight excluding hydrogens is 647 g/mol. The summed E-state index contributed by atoms with van der Waals surface area (Å²) in [5, 5.41) is -0.00637. The Morgan fingerprint density at radius 1 is 0.760 bits per heavy atom. The SMILES string of the molecule is CCCCCC/C=C\COC(=O)CCCN(CCCC(=O)OC(CCCCCCC)CCCCCCCC)C(=O)SCCCn1ccnc1C. The van der Waals surface area contributed by atoms with Crippen molar-refractivity contribution in [2.45, 2.75) is 188 Å². The number of imidazole rings is 1. The largest absolute Gasteiger partial charge is 0.462 e. The number of aromatic nitrogens is 2. The van der Waals surface area contributed by atoms with Crippen LogP contribution in [0.5, 0.6) is 0 Å². The number of unbranched alkanes of at least 4 members (excludes halogenated alkanes) is 13. The van der Waals surface area contributed by atoms with E-state index in [1.165, 1.54) is 95.2 Å². The molecule has 1 rings (SSSR count). The standard InChI is InChI=1S/C41H73N3O5S/c1-5-8-11-14-16-19-22-35-48-39(45)28-23-31-44(41(47)50-36-25-33-43-34-30-42-37(43)4)32-24-29-40(46)49-38(26-20-17-13-10-7-3)27-21-18-15-12-9-6-2/h19,22,30,34,38H,5-18,20-21,23-29,31-33,35-36H2,1-4H3/b22-19-. The minimum atomic E-state index is -0.244. The van der Waals surface area contributed by atoms with Gasteiger partial charge in [0.2, 0.25) is 0 Å². The number of hydrogen-bond acceptors (Lipinski definition) is 7. The maximum absolute atomic E-state index is 13.3. The van der Waals surface area contributed by atoms with Crippen LogP contribution < -0.4 is 0 Å². The number of esters is 2. The van der Waals surface area contributed by atoms with Crippen LogP contribution in [0.3, 0.4) is 0 Å². The lowest BCUT2D eigenvalue weighted by Gasteiger charge is -2.23. The first kappa shape index (κ1) is 45.7. The molecule has 0 aromatic carbocycles. The van der Waals surface area contributed by atoms with Gasteiger partial charge in [-0.05, 0) is 64.7 Å². The molecule has 9 heteroatoms. The molecule has 1 heterocycles. The van der Waals surface area contributed by atoms with Gasteiger partial charge in [0.15, 0.2) is 0 Å². The van der Waals surface area contributed by atoms with Crippen LogP contribution in [-0.4, -0.2) is 63.2 Å². The Hall–Kier alpha value is -2.29. The molecule has 50 heavy (non-hydrogen) atoms. The second kappa shape index (κ2) is 32.6. The summed E-state index contributed by atoms with van der Waals surface area (Å²) in [6.45, 7) is 10.7. The van der Waals surface area contributed by atoms with Gasteiger partial charge < -0.3 is 18.9 Å². The fourth-order valence-electron chi connectivity index (χ4n) is 5.97. The van der Waals surface area contributed by atoms with Crippen molar-refractivity contribution in [3.63, 3.8) is 0 Å². The molecule has 1 aromatic rings. The summed E-state index contributed by atoms with van der Waals surface area (Å²) in [5.41, 5.74) is 0. The van der Waals surface area contributed by atoms with Gasteiger partial charge in [0, 0.05) is 50.6 Å². The Morgan fingerprint density at radius 2 is 1.34 bits per heavy atom. The lowest BCUT2D eigenvalue weighted by molar-refractivity contribution is -0.150. The predicted octanol–water partition coefficient (Wildman–Crippen LogP) is 11.4. The first-order valence-electron chi connectivity index (χ1n) is 20.3. The molecule has 0 spiro atoms. The minimum Gasteiger partial charge on any atom is -0.462 e. The average Bonchev–Trinajstić information content (AvgIpc) is 3.52. The molecular formula is C41H73N3O5S. The number of thioether (sulfide) groups is 1. The van der Waals surface area contributed by atoms with E-state index in [1.54, 1.807) is 11.1 Å². The zero-order valence-electron chi connectivity index (χ0n) is 32.5. The van der Waals surface area contributed by atoms with Crippen molar-refractivity contribution in [1.29, 1.82) is 0 Å². The Balaban J connectivity index is 2.58. The number of nitrogens with zero attached hydrogens (tertiary/aromatic N) is 3. The van der Waals surface area contributed by atoms with Gasteiger partial charge >= 0.3 is 11.9 Å². The molecule has 0 saturated carbocycles. The number of amides is 1. The van der Waals surface area contributed by atoms with Crippen LogP contribution in [0.15, 0.2) is 24.5 Å². The van der Waals surface area contributed by atoms with Gasteiger partial charge in [-0.1, -0.05) is 122 Å². The van der Waals surface area contributed by atoms with Crippen molar-refractivity contribution in [2.75, 3.05) is 25.4 Å². The fourth-order valence-corrected chi connectivity index (χ4v) is 6.78. The number of carbonyl (C=O) groups excluding carboxylic acids is 3. The van der Waals surface area contributed by atoms with Crippen molar-refractivity contribution in [1.82, 2.24) is 14.5 Å². The second-order valence-electron chi connectivity index (χ2n) is 13.7. The molecule has 8 nitrogen and oxygen atoms in total. The zero-order chi connectivity index (χ0) is 36.5. The number of ether oxygens (including phenoxy) is 2. The van der Waals surface area contributed by atoms with Gasteiger partial charge in [0.1, 0.15) is 18.5 Å². The van der Waals surface area contributed by atoms with Crippen LogP contribution in [-0.2, 0) is 25.6 Å². The highest BCUT2D eigenvalue weighted by Crippen LogP contribution is 2.19. The van der Waals surface area contributed by atoms with Crippen molar-refractivity contribution in [2.24, 2.45) is 0 Å². The number of allylic oxidation sites excluding steroid dienone is 1. The lowest BCUT2D eigenvalue weighted by atomic mass is 10.0. The summed E-state index contributed by atoms with van der Waals surface area (Å²) < 4.78 is 13.5. The zero-order valence-corrected chi connectivity index (χ0v) is 33.3. The van der Waals surface area contributed by atoms with Crippen LogP contribution in [0.1, 0.15) is 174 Å². The normalized spacial score (nSPS) is 12.0. The van der Waals surface area contributed by atoms with Crippen molar-refractivity contribution in [3.8, 4) is 0 Å². The van der Waals surface area contributed by atoms with Crippen LogP contribution in [0.25, 0.3) is 0 Å². The molecule has 1 atom stereocenters. The quantitative estimate of drug-likeness (QED) is 0.0406. The van der Waals surface area contributed by atoms with Gasteiger partial charge in [0.25, 0.3) is 5.24 Å². The smallest absolute Gasteiger partial charge is 0.306 e. The minimum absolute atomic E-state index is 0.00637. The van der Waals surface area contributed by atoms with E-state index in [0.717, 1.165) is 50.9 Å². The monoisotopic (exact) mass is 720 g/mol. The van der Waals surface area contributed by atoms with E-state index in [4.69, 9.17) is 9.47 Å². The van der Waals surface area contributed by atoms with Crippen LogP contribution in [0.2, 0.25) is 0 Å². The molecule has 0 aliphatic carbocycles. The molecule has 0 N–H and O–H groups in total. The average molecular weight is 720 g/mol. The molecule has 0 fully saturated rings. The molecule has 0 aliphatic rings. The highest BCUT2D eigenvalue weighted by molar-refractivity contribution is 8.13. The summed E-state index contributed by atoms with van der Waals surface area (Å²) in [7, 11) is 0. The fraction of sp³-hybridized carbons (Fsp3) is 0.805. The summed E-state index contributed by atoms with van der Waals surface area (Å²) in [5.74, 6) is 1.26. The first-order chi connectivity index (χ1) is 24.4. The number of rotatable bonds is 33. The van der Waals surface area contributed by atoms with E-state index in [9.17, 15) is 14.4 Å². The first-order valence-corrected chi connectivity index (χ1v) is 21.3. The van der Waals surface area contributed by atoms with E-state index in [2.05, 4.69) is 36.4 Å². The Labute approximate surface area is 310 Å². The van der Waals surface area contributed by atoms with Gasteiger partial charge in [0.05, 0.1) is 0 Å². The predicted molar refractivity (Wildman–Crippen MR) is 210 cm³/mol.